The number of hydrogen-bond acceptors (Lipinski definition) is 4. The number of rotatable bonds is 2. The number of hydrogen-bond donors (Lipinski definition) is 2. The molecule has 1 aromatic carbocycles. The number of anilines is 2. The van der Waals surface area contributed by atoms with E-state index in [1.54, 1.807) is 0 Å². The molecule has 2 atom stereocenters. The molecular formula is C16H21N3OS. The van der Waals surface area contributed by atoms with Crippen LogP contribution in [-0.2, 0) is 4.79 Å². The van der Waals surface area contributed by atoms with Crippen LogP contribution in [0.4, 0.5) is 11.4 Å². The minimum absolute atomic E-state index is 0.0498. The molecule has 3 rings (SSSR count). The van der Waals surface area contributed by atoms with E-state index in [-0.39, 0.29) is 5.91 Å². The Kier molecular flexibility index (Phi) is 4.48. The number of aliphatic imine (C=N–C) groups is 1. The summed E-state index contributed by atoms with van der Waals surface area (Å²) in [6.45, 7) is 1.51. The highest BCUT2D eigenvalue weighted by Gasteiger charge is 2.28. The molecule has 1 aliphatic heterocycles. The van der Waals surface area contributed by atoms with Gasteiger partial charge in [0, 0.05) is 24.1 Å². The first-order chi connectivity index (χ1) is 10.2. The molecule has 0 spiro atoms. The Bertz CT molecular complexity index is 541. The smallest absolute Gasteiger partial charge is 0.221 e. The molecule has 1 aromatic rings. The van der Waals surface area contributed by atoms with Gasteiger partial charge in [0.25, 0.3) is 0 Å². The third-order valence-electron chi connectivity index (χ3n) is 4.04. The van der Waals surface area contributed by atoms with Crippen molar-refractivity contribution in [3.8, 4) is 0 Å². The number of nitrogens with one attached hydrogen (secondary N) is 2. The lowest BCUT2D eigenvalue weighted by atomic mass is 9.86. The molecule has 0 radical (unpaired) electrons. The summed E-state index contributed by atoms with van der Waals surface area (Å²) < 4.78 is 0. The summed E-state index contributed by atoms with van der Waals surface area (Å²) in [6.07, 6.45) is 5.25. The van der Waals surface area contributed by atoms with Gasteiger partial charge in [0.05, 0.1) is 6.04 Å². The van der Waals surface area contributed by atoms with E-state index in [0.717, 1.165) is 22.5 Å². The zero-order valence-corrected chi connectivity index (χ0v) is 13.1. The van der Waals surface area contributed by atoms with Crippen LogP contribution < -0.4 is 10.6 Å². The zero-order valence-electron chi connectivity index (χ0n) is 12.3. The van der Waals surface area contributed by atoms with E-state index in [1.807, 2.05) is 36.0 Å². The van der Waals surface area contributed by atoms with E-state index in [0.29, 0.717) is 6.04 Å². The minimum Gasteiger partial charge on any atom is -0.335 e. The van der Waals surface area contributed by atoms with Gasteiger partial charge in [-0.3, -0.25) is 9.79 Å². The summed E-state index contributed by atoms with van der Waals surface area (Å²) in [5, 5.41) is 7.20. The van der Waals surface area contributed by atoms with Crippen LogP contribution in [0.1, 0.15) is 32.6 Å². The highest BCUT2D eigenvalue weighted by atomic mass is 32.2. The maximum absolute atomic E-state index is 11.0. The summed E-state index contributed by atoms with van der Waals surface area (Å²) >= 11 is 1.83. The number of carbonyl (C=O) groups is 1. The lowest BCUT2D eigenvalue weighted by molar-refractivity contribution is -0.114. The van der Waals surface area contributed by atoms with Crippen molar-refractivity contribution in [1.82, 2.24) is 0 Å². The Balaban J connectivity index is 1.63. The molecule has 1 amide bonds. The number of amides is 1. The molecule has 1 aliphatic carbocycles. The predicted octanol–water partition coefficient (Wildman–Crippen LogP) is 3.72. The van der Waals surface area contributed by atoms with Gasteiger partial charge in [-0.1, -0.05) is 24.6 Å². The van der Waals surface area contributed by atoms with Gasteiger partial charge in [0.1, 0.15) is 0 Å². The minimum atomic E-state index is -0.0498. The number of carbonyl (C=O) groups excluding carboxylic acids is 1. The summed E-state index contributed by atoms with van der Waals surface area (Å²) in [7, 11) is 0. The van der Waals surface area contributed by atoms with Crippen LogP contribution >= 0.6 is 11.8 Å². The van der Waals surface area contributed by atoms with E-state index in [4.69, 9.17) is 4.99 Å². The number of fused-ring (bicyclic) bond motifs is 1. The van der Waals surface area contributed by atoms with Crippen molar-refractivity contribution < 1.29 is 4.79 Å². The van der Waals surface area contributed by atoms with Gasteiger partial charge in [-0.05, 0) is 43.0 Å². The summed E-state index contributed by atoms with van der Waals surface area (Å²) in [4.78, 5) is 15.9. The molecule has 112 valence electrons. The normalized spacial score (nSPS) is 24.7. The van der Waals surface area contributed by atoms with Gasteiger partial charge in [-0.2, -0.15) is 0 Å². The molecule has 1 fully saturated rings. The molecule has 4 nitrogen and oxygen atoms in total. The molecule has 1 saturated carbocycles. The Morgan fingerprint density at radius 2 is 1.90 bits per heavy atom. The van der Waals surface area contributed by atoms with Gasteiger partial charge >= 0.3 is 0 Å². The fourth-order valence-corrected chi connectivity index (χ4v) is 4.12. The topological polar surface area (TPSA) is 53.5 Å². The van der Waals surface area contributed by atoms with E-state index in [9.17, 15) is 4.79 Å². The van der Waals surface area contributed by atoms with Crippen LogP contribution in [0, 0.1) is 5.92 Å². The lowest BCUT2D eigenvalue weighted by Gasteiger charge is -2.32. The van der Waals surface area contributed by atoms with Crippen molar-refractivity contribution in [2.45, 2.75) is 38.6 Å². The van der Waals surface area contributed by atoms with E-state index in [1.165, 1.54) is 38.4 Å². The highest BCUT2D eigenvalue weighted by Crippen LogP contribution is 2.34. The maximum Gasteiger partial charge on any atom is 0.221 e. The lowest BCUT2D eigenvalue weighted by Crippen LogP contribution is -2.31. The molecule has 1 heterocycles. The van der Waals surface area contributed by atoms with Crippen LogP contribution in [0.2, 0.25) is 0 Å². The third kappa shape index (κ3) is 3.79. The van der Waals surface area contributed by atoms with Crippen molar-refractivity contribution >= 4 is 34.2 Å². The number of thioether (sulfide) groups is 1. The van der Waals surface area contributed by atoms with E-state index < -0.39 is 0 Å². The number of benzene rings is 1. The van der Waals surface area contributed by atoms with Gasteiger partial charge in [-0.15, -0.1) is 0 Å². The average molecular weight is 303 g/mol. The molecular weight excluding hydrogens is 282 g/mol. The van der Waals surface area contributed by atoms with Gasteiger partial charge in [-0.25, -0.2) is 0 Å². The fourth-order valence-electron chi connectivity index (χ4n) is 2.96. The van der Waals surface area contributed by atoms with Gasteiger partial charge < -0.3 is 10.6 Å². The van der Waals surface area contributed by atoms with E-state index >= 15 is 0 Å². The third-order valence-corrected chi connectivity index (χ3v) is 5.12. The van der Waals surface area contributed by atoms with Crippen LogP contribution in [0.15, 0.2) is 29.3 Å². The summed E-state index contributed by atoms with van der Waals surface area (Å²) in [5.41, 5.74) is 1.84. The summed E-state index contributed by atoms with van der Waals surface area (Å²) in [5.74, 6) is 1.91. The molecule has 2 aliphatic rings. The van der Waals surface area contributed by atoms with Gasteiger partial charge in [0.2, 0.25) is 5.91 Å². The molecule has 21 heavy (non-hydrogen) atoms. The quantitative estimate of drug-likeness (QED) is 0.875. The van der Waals surface area contributed by atoms with E-state index in [2.05, 4.69) is 10.6 Å². The zero-order chi connectivity index (χ0) is 14.7. The SMILES string of the molecule is CC(=O)Nc1ccc(NC2=NC3CCCCC3CS2)cc1. The first-order valence-corrected chi connectivity index (χ1v) is 8.54. The summed E-state index contributed by atoms with van der Waals surface area (Å²) in [6, 6.07) is 8.27. The molecule has 2 unspecified atom stereocenters. The average Bonchev–Trinajstić information content (AvgIpc) is 2.49. The Morgan fingerprint density at radius 1 is 1.19 bits per heavy atom. The van der Waals surface area contributed by atoms with Crippen LogP contribution in [0.5, 0.6) is 0 Å². The second-order valence-electron chi connectivity index (χ2n) is 5.74. The largest absolute Gasteiger partial charge is 0.335 e. The van der Waals surface area contributed by atoms with Gasteiger partial charge in [0.15, 0.2) is 5.17 Å². The molecule has 5 heteroatoms. The fraction of sp³-hybridized carbons (Fsp3) is 0.500. The molecule has 0 bridgehead atoms. The second-order valence-corrected chi connectivity index (χ2v) is 6.75. The van der Waals surface area contributed by atoms with Crippen LogP contribution in [-0.4, -0.2) is 22.9 Å². The highest BCUT2D eigenvalue weighted by molar-refractivity contribution is 8.14. The Hall–Kier alpha value is -1.49. The monoisotopic (exact) mass is 303 g/mol. The van der Waals surface area contributed by atoms with Crippen molar-refractivity contribution in [2.24, 2.45) is 10.9 Å². The van der Waals surface area contributed by atoms with Crippen molar-refractivity contribution in [1.29, 1.82) is 0 Å². The molecule has 0 aromatic heterocycles. The number of amidine groups is 1. The van der Waals surface area contributed by atoms with Crippen LogP contribution in [0.25, 0.3) is 0 Å². The Labute approximate surface area is 129 Å². The van der Waals surface area contributed by atoms with Crippen molar-refractivity contribution in [2.75, 3.05) is 16.4 Å². The number of nitrogens with zero attached hydrogens (tertiary/aromatic N) is 1. The second kappa shape index (κ2) is 6.52. The first kappa shape index (κ1) is 14.4. The Morgan fingerprint density at radius 3 is 2.67 bits per heavy atom. The van der Waals surface area contributed by atoms with Crippen molar-refractivity contribution in [3.63, 3.8) is 0 Å². The predicted molar refractivity (Wildman–Crippen MR) is 90.0 cm³/mol. The maximum atomic E-state index is 11.0. The van der Waals surface area contributed by atoms with Crippen LogP contribution in [0.3, 0.4) is 0 Å². The standard InChI is InChI=1S/C16H21N3OS/c1-11(20)17-13-6-8-14(9-7-13)18-16-19-15-5-3-2-4-12(15)10-21-16/h6-9,12,15H,2-5,10H2,1H3,(H,17,20)(H,18,19). The first-order valence-electron chi connectivity index (χ1n) is 7.56. The van der Waals surface area contributed by atoms with Crippen molar-refractivity contribution in [3.05, 3.63) is 24.3 Å². The molecule has 0 saturated heterocycles. The molecule has 2 N–H and O–H groups in total.